The molecule has 0 heterocycles. The molecule has 1 aromatic rings. The Balaban J connectivity index is 2.90. The third kappa shape index (κ3) is 2.27. The SMILES string of the molecule is C/C(C#N)=C\c1ccccc1. The molecule has 0 spiro atoms. The molecular formula is C10H9N. The largest absolute Gasteiger partial charge is 0.193 e. The van der Waals surface area contributed by atoms with Crippen LogP contribution in [0.3, 0.4) is 0 Å². The zero-order chi connectivity index (χ0) is 8.10. The molecule has 1 rings (SSSR count). The first-order chi connectivity index (χ1) is 5.33. The van der Waals surface area contributed by atoms with Crippen LogP contribution in [0.1, 0.15) is 12.5 Å². The Hall–Kier alpha value is -1.55. The summed E-state index contributed by atoms with van der Waals surface area (Å²) in [6.45, 7) is 1.80. The average Bonchev–Trinajstić information content (AvgIpc) is 2.06. The Morgan fingerprint density at radius 3 is 2.55 bits per heavy atom. The van der Waals surface area contributed by atoms with E-state index in [0.717, 1.165) is 11.1 Å². The summed E-state index contributed by atoms with van der Waals surface area (Å²) in [5, 5.41) is 8.48. The lowest BCUT2D eigenvalue weighted by atomic mass is 10.1. The molecule has 0 atom stereocenters. The van der Waals surface area contributed by atoms with Crippen LogP contribution in [0.5, 0.6) is 0 Å². The average molecular weight is 143 g/mol. The van der Waals surface area contributed by atoms with E-state index >= 15 is 0 Å². The van der Waals surface area contributed by atoms with E-state index in [1.54, 1.807) is 6.92 Å². The third-order valence-electron chi connectivity index (χ3n) is 1.36. The van der Waals surface area contributed by atoms with Crippen LogP contribution >= 0.6 is 0 Å². The zero-order valence-electron chi connectivity index (χ0n) is 6.41. The van der Waals surface area contributed by atoms with Crippen molar-refractivity contribution in [1.29, 1.82) is 5.26 Å². The molecule has 0 N–H and O–H groups in total. The molecule has 54 valence electrons. The molecule has 0 unspecified atom stereocenters. The molecule has 0 radical (unpaired) electrons. The van der Waals surface area contributed by atoms with E-state index in [1.165, 1.54) is 0 Å². The second kappa shape index (κ2) is 3.58. The lowest BCUT2D eigenvalue weighted by Gasteiger charge is -1.90. The molecule has 1 aromatic carbocycles. The Morgan fingerprint density at radius 1 is 1.36 bits per heavy atom. The van der Waals surface area contributed by atoms with Crippen LogP contribution in [0.25, 0.3) is 6.08 Å². The molecule has 0 aliphatic carbocycles. The van der Waals surface area contributed by atoms with E-state index in [-0.39, 0.29) is 0 Å². The van der Waals surface area contributed by atoms with Gasteiger partial charge in [0.15, 0.2) is 0 Å². The maximum Gasteiger partial charge on any atom is 0.0944 e. The van der Waals surface area contributed by atoms with E-state index in [9.17, 15) is 0 Å². The fourth-order valence-corrected chi connectivity index (χ4v) is 0.832. The summed E-state index contributed by atoms with van der Waals surface area (Å²) in [6.07, 6.45) is 1.86. The van der Waals surface area contributed by atoms with Crippen molar-refractivity contribution in [3.05, 3.63) is 41.5 Å². The molecule has 0 aliphatic rings. The molecule has 0 saturated carbocycles. The van der Waals surface area contributed by atoms with Crippen molar-refractivity contribution in [3.8, 4) is 6.07 Å². The standard InChI is InChI=1S/C10H9N/c1-9(8-11)7-10-5-3-2-4-6-10/h2-7H,1H3/b9-7+. The van der Waals surface area contributed by atoms with Gasteiger partial charge in [-0.2, -0.15) is 5.26 Å². The maximum absolute atomic E-state index is 8.48. The van der Waals surface area contributed by atoms with Gasteiger partial charge in [-0.25, -0.2) is 0 Å². The highest BCUT2D eigenvalue weighted by Crippen LogP contribution is 2.04. The Labute approximate surface area is 66.6 Å². The van der Waals surface area contributed by atoms with Crippen LogP contribution in [0, 0.1) is 11.3 Å². The smallest absolute Gasteiger partial charge is 0.0944 e. The second-order valence-corrected chi connectivity index (χ2v) is 2.35. The third-order valence-corrected chi connectivity index (χ3v) is 1.36. The molecular weight excluding hydrogens is 134 g/mol. The highest BCUT2D eigenvalue weighted by atomic mass is 14.2. The monoisotopic (exact) mass is 143 g/mol. The number of nitriles is 1. The van der Waals surface area contributed by atoms with E-state index < -0.39 is 0 Å². The predicted octanol–water partition coefficient (Wildman–Crippen LogP) is 2.61. The van der Waals surface area contributed by atoms with Gasteiger partial charge in [0.25, 0.3) is 0 Å². The van der Waals surface area contributed by atoms with E-state index in [1.807, 2.05) is 36.4 Å². The van der Waals surface area contributed by atoms with Crippen LogP contribution in [-0.2, 0) is 0 Å². The van der Waals surface area contributed by atoms with Gasteiger partial charge < -0.3 is 0 Å². The zero-order valence-corrected chi connectivity index (χ0v) is 6.41. The number of hydrogen-bond acceptors (Lipinski definition) is 1. The van der Waals surface area contributed by atoms with Gasteiger partial charge in [-0.1, -0.05) is 30.3 Å². The molecule has 0 aliphatic heterocycles. The highest BCUT2D eigenvalue weighted by molar-refractivity contribution is 5.55. The Kier molecular flexibility index (Phi) is 2.46. The molecule has 11 heavy (non-hydrogen) atoms. The molecule has 1 heteroatoms. The minimum absolute atomic E-state index is 0.733. The summed E-state index contributed by atoms with van der Waals surface area (Å²) in [4.78, 5) is 0. The van der Waals surface area contributed by atoms with Crippen molar-refractivity contribution in [3.63, 3.8) is 0 Å². The number of benzene rings is 1. The summed E-state index contributed by atoms with van der Waals surface area (Å²) in [6, 6.07) is 11.9. The van der Waals surface area contributed by atoms with Crippen molar-refractivity contribution in [1.82, 2.24) is 0 Å². The van der Waals surface area contributed by atoms with Crippen LogP contribution in [-0.4, -0.2) is 0 Å². The number of allylic oxidation sites excluding steroid dienone is 1. The predicted molar refractivity (Wildman–Crippen MR) is 45.7 cm³/mol. The fraction of sp³-hybridized carbons (Fsp3) is 0.100. The summed E-state index contributed by atoms with van der Waals surface area (Å²) < 4.78 is 0. The Bertz CT molecular complexity index is 290. The molecule has 0 aromatic heterocycles. The van der Waals surface area contributed by atoms with Crippen LogP contribution < -0.4 is 0 Å². The van der Waals surface area contributed by atoms with Crippen LogP contribution in [0.15, 0.2) is 35.9 Å². The van der Waals surface area contributed by atoms with E-state index in [2.05, 4.69) is 6.07 Å². The number of hydrogen-bond donors (Lipinski definition) is 0. The van der Waals surface area contributed by atoms with Gasteiger partial charge in [-0.15, -0.1) is 0 Å². The van der Waals surface area contributed by atoms with Gasteiger partial charge in [0.05, 0.1) is 6.07 Å². The first kappa shape index (κ1) is 7.56. The van der Waals surface area contributed by atoms with Gasteiger partial charge in [0, 0.05) is 5.57 Å². The fourth-order valence-electron chi connectivity index (χ4n) is 0.832. The van der Waals surface area contributed by atoms with E-state index in [4.69, 9.17) is 5.26 Å². The van der Waals surface area contributed by atoms with Crippen molar-refractivity contribution in [2.24, 2.45) is 0 Å². The lowest BCUT2D eigenvalue weighted by molar-refractivity contribution is 1.46. The van der Waals surface area contributed by atoms with Gasteiger partial charge >= 0.3 is 0 Å². The summed E-state index contributed by atoms with van der Waals surface area (Å²) >= 11 is 0. The lowest BCUT2D eigenvalue weighted by Crippen LogP contribution is -1.71. The maximum atomic E-state index is 8.48. The first-order valence-corrected chi connectivity index (χ1v) is 3.46. The van der Waals surface area contributed by atoms with Crippen molar-refractivity contribution < 1.29 is 0 Å². The minimum atomic E-state index is 0.733. The highest BCUT2D eigenvalue weighted by Gasteiger charge is 1.85. The summed E-state index contributed by atoms with van der Waals surface area (Å²) in [5.41, 5.74) is 1.81. The Morgan fingerprint density at radius 2 is 2.00 bits per heavy atom. The summed E-state index contributed by atoms with van der Waals surface area (Å²) in [7, 11) is 0. The van der Waals surface area contributed by atoms with Gasteiger partial charge in [0.2, 0.25) is 0 Å². The van der Waals surface area contributed by atoms with Gasteiger partial charge in [0.1, 0.15) is 0 Å². The van der Waals surface area contributed by atoms with E-state index in [0.29, 0.717) is 0 Å². The topological polar surface area (TPSA) is 23.8 Å². The molecule has 1 nitrogen and oxygen atoms in total. The molecule has 0 amide bonds. The van der Waals surface area contributed by atoms with Crippen LogP contribution in [0.4, 0.5) is 0 Å². The normalized spacial score (nSPS) is 10.7. The summed E-state index contributed by atoms with van der Waals surface area (Å²) in [5.74, 6) is 0. The second-order valence-electron chi connectivity index (χ2n) is 2.35. The van der Waals surface area contributed by atoms with Crippen molar-refractivity contribution in [2.75, 3.05) is 0 Å². The van der Waals surface area contributed by atoms with Gasteiger partial charge in [-0.05, 0) is 18.6 Å². The quantitative estimate of drug-likeness (QED) is 0.554. The molecule has 0 saturated heterocycles. The van der Waals surface area contributed by atoms with Crippen molar-refractivity contribution in [2.45, 2.75) is 6.92 Å². The van der Waals surface area contributed by atoms with Crippen LogP contribution in [0.2, 0.25) is 0 Å². The number of nitrogens with zero attached hydrogens (tertiary/aromatic N) is 1. The minimum Gasteiger partial charge on any atom is -0.193 e. The van der Waals surface area contributed by atoms with Crippen molar-refractivity contribution >= 4 is 6.08 Å². The van der Waals surface area contributed by atoms with Gasteiger partial charge in [-0.3, -0.25) is 0 Å². The number of rotatable bonds is 1. The molecule has 0 fully saturated rings. The molecule has 0 bridgehead atoms. The first-order valence-electron chi connectivity index (χ1n) is 3.46.